The zero-order valence-corrected chi connectivity index (χ0v) is 11.0. The monoisotopic (exact) mass is 258 g/mol. The van der Waals surface area contributed by atoms with Gasteiger partial charge in [0.1, 0.15) is 11.7 Å². The summed E-state index contributed by atoms with van der Waals surface area (Å²) in [6.45, 7) is 5.51. The van der Waals surface area contributed by atoms with Crippen LogP contribution in [-0.2, 0) is 4.74 Å². The topological polar surface area (TPSA) is 87.9 Å². The van der Waals surface area contributed by atoms with Gasteiger partial charge in [0.15, 0.2) is 0 Å². The third-order valence-corrected chi connectivity index (χ3v) is 1.70. The number of hydrogen-bond acceptors (Lipinski definition) is 5. The number of aromatic nitrogens is 2. The predicted octanol–water partition coefficient (Wildman–Crippen LogP) is 1.22. The molecule has 1 aromatic heterocycles. The Morgan fingerprint density at radius 2 is 2.05 bits per heavy atom. The third-order valence-electron chi connectivity index (χ3n) is 1.70. The summed E-state index contributed by atoms with van der Waals surface area (Å²) in [5, 5.41) is 11.0. The quantitative estimate of drug-likeness (QED) is 0.765. The number of rotatable bonds is 1. The van der Waals surface area contributed by atoms with Crippen molar-refractivity contribution in [3.63, 3.8) is 0 Å². The third kappa shape index (κ3) is 6.04. The Bertz CT molecular complexity index is 541. The summed E-state index contributed by atoms with van der Waals surface area (Å²) < 4.78 is 5.04. The van der Waals surface area contributed by atoms with E-state index in [2.05, 4.69) is 27.1 Å². The van der Waals surface area contributed by atoms with Gasteiger partial charge in [-0.05, 0) is 20.8 Å². The molecule has 0 aliphatic carbocycles. The molecule has 0 unspecified atom stereocenters. The van der Waals surface area contributed by atoms with Crippen LogP contribution in [0, 0.1) is 23.2 Å². The van der Waals surface area contributed by atoms with Crippen molar-refractivity contribution in [1.82, 2.24) is 15.3 Å². The number of nitriles is 1. The first kappa shape index (κ1) is 14.5. The number of nitrogens with zero attached hydrogens (tertiary/aromatic N) is 3. The first-order chi connectivity index (χ1) is 8.90. The molecule has 19 heavy (non-hydrogen) atoms. The van der Waals surface area contributed by atoms with Crippen LogP contribution in [0.4, 0.5) is 4.79 Å². The van der Waals surface area contributed by atoms with E-state index in [4.69, 9.17) is 10.00 Å². The van der Waals surface area contributed by atoms with E-state index in [9.17, 15) is 4.79 Å². The van der Waals surface area contributed by atoms with Crippen molar-refractivity contribution in [2.45, 2.75) is 26.4 Å². The molecule has 0 saturated carbocycles. The fraction of sp³-hybridized carbons (Fsp3) is 0.385. The highest BCUT2D eigenvalue weighted by Crippen LogP contribution is 2.05. The number of alkyl carbamates (subject to hydrolysis) is 1. The van der Waals surface area contributed by atoms with Crippen molar-refractivity contribution in [2.75, 3.05) is 6.54 Å². The standard InChI is InChI=1S/C13H14N4O2/c1-13(2,3)19-12(18)15-6-4-5-10-8-16-11(7-14)17-9-10/h8-9H,6H2,1-3H3,(H,15,18). The molecule has 6 nitrogen and oxygen atoms in total. The smallest absolute Gasteiger partial charge is 0.408 e. The number of carbonyl (C=O) groups is 1. The molecule has 1 rings (SSSR count). The molecular formula is C13H14N4O2. The van der Waals surface area contributed by atoms with Crippen LogP contribution in [0.5, 0.6) is 0 Å². The number of nitrogens with one attached hydrogen (secondary N) is 1. The van der Waals surface area contributed by atoms with Gasteiger partial charge < -0.3 is 10.1 Å². The van der Waals surface area contributed by atoms with E-state index in [1.807, 2.05) is 6.07 Å². The molecule has 0 bridgehead atoms. The Kier molecular flexibility index (Phi) is 4.84. The van der Waals surface area contributed by atoms with Crippen LogP contribution >= 0.6 is 0 Å². The normalized spacial score (nSPS) is 9.79. The van der Waals surface area contributed by atoms with Gasteiger partial charge in [-0.15, -0.1) is 0 Å². The molecule has 1 amide bonds. The fourth-order valence-electron chi connectivity index (χ4n) is 1.03. The number of carbonyl (C=O) groups excluding carboxylic acids is 1. The van der Waals surface area contributed by atoms with Crippen molar-refractivity contribution in [3.05, 3.63) is 23.8 Å². The summed E-state index contributed by atoms with van der Waals surface area (Å²) >= 11 is 0. The lowest BCUT2D eigenvalue weighted by Gasteiger charge is -2.18. The van der Waals surface area contributed by atoms with E-state index >= 15 is 0 Å². The van der Waals surface area contributed by atoms with E-state index < -0.39 is 11.7 Å². The largest absolute Gasteiger partial charge is 0.444 e. The van der Waals surface area contributed by atoms with Gasteiger partial charge in [0, 0.05) is 12.4 Å². The lowest BCUT2D eigenvalue weighted by Crippen LogP contribution is -2.32. The minimum atomic E-state index is -0.529. The van der Waals surface area contributed by atoms with E-state index in [0.29, 0.717) is 5.56 Å². The van der Waals surface area contributed by atoms with Gasteiger partial charge in [-0.3, -0.25) is 0 Å². The molecule has 1 aromatic rings. The molecule has 0 spiro atoms. The second kappa shape index (κ2) is 6.36. The van der Waals surface area contributed by atoms with Crippen LogP contribution in [0.15, 0.2) is 12.4 Å². The molecule has 0 atom stereocenters. The van der Waals surface area contributed by atoms with E-state index in [1.54, 1.807) is 20.8 Å². The van der Waals surface area contributed by atoms with E-state index in [1.165, 1.54) is 12.4 Å². The van der Waals surface area contributed by atoms with Gasteiger partial charge in [0.25, 0.3) is 0 Å². The van der Waals surface area contributed by atoms with Crippen molar-refractivity contribution in [2.24, 2.45) is 0 Å². The summed E-state index contributed by atoms with van der Waals surface area (Å²) in [4.78, 5) is 18.8. The van der Waals surface area contributed by atoms with Crippen LogP contribution in [0.25, 0.3) is 0 Å². The highest BCUT2D eigenvalue weighted by Gasteiger charge is 2.14. The number of hydrogen-bond donors (Lipinski definition) is 1. The molecule has 6 heteroatoms. The van der Waals surface area contributed by atoms with Gasteiger partial charge in [0.2, 0.25) is 5.82 Å². The average Bonchev–Trinajstić information content (AvgIpc) is 2.33. The first-order valence-electron chi connectivity index (χ1n) is 5.58. The molecule has 0 saturated heterocycles. The zero-order chi connectivity index (χ0) is 14.3. The van der Waals surface area contributed by atoms with Crippen LogP contribution in [0.2, 0.25) is 0 Å². The molecule has 0 radical (unpaired) electrons. The van der Waals surface area contributed by atoms with Crippen molar-refractivity contribution >= 4 is 6.09 Å². The number of amides is 1. The summed E-state index contributed by atoms with van der Waals surface area (Å²) in [6, 6.07) is 1.81. The second-order valence-corrected chi connectivity index (χ2v) is 4.56. The minimum Gasteiger partial charge on any atom is -0.444 e. The molecule has 1 N–H and O–H groups in total. The summed E-state index contributed by atoms with van der Waals surface area (Å²) in [6.07, 6.45) is 2.38. The van der Waals surface area contributed by atoms with Gasteiger partial charge in [-0.2, -0.15) is 5.26 Å². The SMILES string of the molecule is CC(C)(C)OC(=O)NCC#Cc1cnc(C#N)nc1. The maximum atomic E-state index is 11.3. The summed E-state index contributed by atoms with van der Waals surface area (Å²) in [5.74, 6) is 5.59. The van der Waals surface area contributed by atoms with Crippen LogP contribution in [0.3, 0.4) is 0 Å². The summed E-state index contributed by atoms with van der Waals surface area (Å²) in [7, 11) is 0. The zero-order valence-electron chi connectivity index (χ0n) is 11.0. The maximum Gasteiger partial charge on any atom is 0.408 e. The highest BCUT2D eigenvalue weighted by molar-refractivity contribution is 5.68. The van der Waals surface area contributed by atoms with Crippen molar-refractivity contribution in [1.29, 1.82) is 5.26 Å². The molecule has 1 heterocycles. The highest BCUT2D eigenvalue weighted by atomic mass is 16.6. The maximum absolute atomic E-state index is 11.3. The Labute approximate surface area is 111 Å². The van der Waals surface area contributed by atoms with E-state index in [0.717, 1.165) is 0 Å². The minimum absolute atomic E-state index is 0.0948. The predicted molar refractivity (Wildman–Crippen MR) is 67.9 cm³/mol. The van der Waals surface area contributed by atoms with Crippen LogP contribution < -0.4 is 5.32 Å². The molecule has 98 valence electrons. The number of ether oxygens (including phenoxy) is 1. The van der Waals surface area contributed by atoms with Crippen molar-refractivity contribution < 1.29 is 9.53 Å². The Hall–Kier alpha value is -2.60. The molecule has 0 aliphatic rings. The van der Waals surface area contributed by atoms with Crippen molar-refractivity contribution in [3.8, 4) is 17.9 Å². The van der Waals surface area contributed by atoms with Gasteiger partial charge >= 0.3 is 6.09 Å². The van der Waals surface area contributed by atoms with Gasteiger partial charge in [0.05, 0.1) is 12.1 Å². The first-order valence-corrected chi connectivity index (χ1v) is 5.58. The van der Waals surface area contributed by atoms with Gasteiger partial charge in [-0.1, -0.05) is 11.8 Å². The van der Waals surface area contributed by atoms with Gasteiger partial charge in [-0.25, -0.2) is 14.8 Å². The van der Waals surface area contributed by atoms with Crippen LogP contribution in [-0.4, -0.2) is 28.2 Å². The lowest BCUT2D eigenvalue weighted by molar-refractivity contribution is 0.0535. The fourth-order valence-corrected chi connectivity index (χ4v) is 1.03. The second-order valence-electron chi connectivity index (χ2n) is 4.56. The Morgan fingerprint density at radius 3 is 2.58 bits per heavy atom. The van der Waals surface area contributed by atoms with E-state index in [-0.39, 0.29) is 12.4 Å². The lowest BCUT2D eigenvalue weighted by atomic mass is 10.2. The molecule has 0 fully saturated rings. The molecule has 0 aromatic carbocycles. The molecular weight excluding hydrogens is 244 g/mol. The average molecular weight is 258 g/mol. The Morgan fingerprint density at radius 1 is 1.42 bits per heavy atom. The summed E-state index contributed by atoms with van der Waals surface area (Å²) in [5.41, 5.74) is 0.0448. The molecule has 0 aliphatic heterocycles. The van der Waals surface area contributed by atoms with Crippen LogP contribution in [0.1, 0.15) is 32.2 Å². The Balaban J connectivity index is 2.43.